The lowest BCUT2D eigenvalue weighted by atomic mass is 10.2. The fraction of sp³-hybridized carbons (Fsp3) is 0.0870. The number of hydrogen-bond acceptors (Lipinski definition) is 5. The molecule has 0 aliphatic carbocycles. The second kappa shape index (κ2) is 8.93. The van der Waals surface area contributed by atoms with E-state index in [0.29, 0.717) is 29.3 Å². The van der Waals surface area contributed by atoms with E-state index >= 15 is 0 Å². The predicted molar refractivity (Wildman–Crippen MR) is 121 cm³/mol. The number of hydrogen-bond donors (Lipinski definition) is 2. The number of nitrogens with zero attached hydrogens (tertiary/aromatic N) is 1. The van der Waals surface area contributed by atoms with Crippen molar-refractivity contribution in [3.8, 4) is 17.2 Å². The van der Waals surface area contributed by atoms with Gasteiger partial charge in [-0.25, -0.2) is 9.37 Å². The number of benzene rings is 3. The van der Waals surface area contributed by atoms with Crippen molar-refractivity contribution in [2.24, 2.45) is 0 Å². The van der Waals surface area contributed by atoms with Crippen molar-refractivity contribution in [2.45, 2.75) is 6.92 Å². The number of ether oxygens (including phenoxy) is 1. The molecule has 0 aliphatic heterocycles. The van der Waals surface area contributed by atoms with Gasteiger partial charge in [-0.2, -0.15) is 0 Å². The number of carbonyl (C=O) groups is 1. The quantitative estimate of drug-likeness (QED) is 0.422. The van der Waals surface area contributed by atoms with Gasteiger partial charge < -0.3 is 14.5 Å². The molecular formula is C23H18FN3O3S. The van der Waals surface area contributed by atoms with E-state index in [4.69, 9.17) is 21.4 Å². The summed E-state index contributed by atoms with van der Waals surface area (Å²) < 4.78 is 25.0. The molecule has 1 heterocycles. The monoisotopic (exact) mass is 435 g/mol. The lowest BCUT2D eigenvalue weighted by Gasteiger charge is -2.09. The zero-order valence-electron chi connectivity index (χ0n) is 16.5. The summed E-state index contributed by atoms with van der Waals surface area (Å²) in [6.45, 7) is 2.53. The Balaban J connectivity index is 1.47. The molecule has 4 aromatic rings. The van der Waals surface area contributed by atoms with Gasteiger partial charge >= 0.3 is 0 Å². The molecule has 1 aromatic heterocycles. The number of thiocarbonyl (C=S) groups is 1. The Morgan fingerprint density at radius 2 is 1.90 bits per heavy atom. The average Bonchev–Trinajstić information content (AvgIpc) is 3.18. The van der Waals surface area contributed by atoms with Crippen LogP contribution < -0.4 is 15.4 Å². The zero-order chi connectivity index (χ0) is 21.8. The van der Waals surface area contributed by atoms with Crippen molar-refractivity contribution >= 4 is 40.0 Å². The highest BCUT2D eigenvalue weighted by Gasteiger charge is 2.13. The van der Waals surface area contributed by atoms with Crippen molar-refractivity contribution < 1.29 is 18.3 Å². The lowest BCUT2D eigenvalue weighted by molar-refractivity contribution is 0.0974. The number of oxazole rings is 1. The number of nitrogens with one attached hydrogen (secondary N) is 2. The molecule has 8 heteroatoms. The van der Waals surface area contributed by atoms with Crippen molar-refractivity contribution in [1.29, 1.82) is 0 Å². The lowest BCUT2D eigenvalue weighted by Crippen LogP contribution is -2.34. The molecule has 31 heavy (non-hydrogen) atoms. The van der Waals surface area contributed by atoms with E-state index in [1.807, 2.05) is 31.2 Å². The predicted octanol–water partition coefficient (Wildman–Crippen LogP) is 5.16. The molecule has 0 saturated heterocycles. The molecule has 1 amide bonds. The maximum Gasteiger partial charge on any atom is 0.260 e. The minimum atomic E-state index is -0.629. The Bertz CT molecular complexity index is 1250. The van der Waals surface area contributed by atoms with Gasteiger partial charge in [0.1, 0.15) is 17.1 Å². The van der Waals surface area contributed by atoms with Crippen molar-refractivity contribution in [3.05, 3.63) is 78.1 Å². The summed E-state index contributed by atoms with van der Waals surface area (Å²) in [6.07, 6.45) is 0. The van der Waals surface area contributed by atoms with Gasteiger partial charge in [-0.15, -0.1) is 0 Å². The van der Waals surface area contributed by atoms with Crippen LogP contribution in [-0.4, -0.2) is 22.6 Å². The first kappa shape index (κ1) is 20.5. The number of aromatic nitrogens is 1. The zero-order valence-corrected chi connectivity index (χ0v) is 17.3. The van der Waals surface area contributed by atoms with Gasteiger partial charge in [0.15, 0.2) is 10.7 Å². The largest absolute Gasteiger partial charge is 0.494 e. The first-order valence-electron chi connectivity index (χ1n) is 9.54. The third-order valence-corrected chi connectivity index (χ3v) is 4.61. The summed E-state index contributed by atoms with van der Waals surface area (Å²) >= 11 is 5.17. The van der Waals surface area contributed by atoms with E-state index in [2.05, 4.69) is 15.6 Å². The van der Waals surface area contributed by atoms with Crippen LogP contribution in [0, 0.1) is 5.82 Å². The Kier molecular flexibility index (Phi) is 5.90. The smallest absolute Gasteiger partial charge is 0.260 e. The van der Waals surface area contributed by atoms with Gasteiger partial charge in [0, 0.05) is 11.3 Å². The molecule has 2 N–H and O–H groups in total. The van der Waals surface area contributed by atoms with E-state index in [1.54, 1.807) is 24.3 Å². The molecule has 0 radical (unpaired) electrons. The summed E-state index contributed by atoms with van der Waals surface area (Å²) in [5, 5.41) is 5.41. The number of rotatable bonds is 5. The normalized spacial score (nSPS) is 10.6. The van der Waals surface area contributed by atoms with Gasteiger partial charge in [-0.1, -0.05) is 12.1 Å². The van der Waals surface area contributed by atoms with Crippen molar-refractivity contribution in [3.63, 3.8) is 0 Å². The van der Waals surface area contributed by atoms with Crippen molar-refractivity contribution in [1.82, 2.24) is 10.3 Å². The summed E-state index contributed by atoms with van der Waals surface area (Å²) in [4.78, 5) is 16.7. The molecule has 0 saturated carbocycles. The molecule has 0 spiro atoms. The second-order valence-electron chi connectivity index (χ2n) is 6.55. The summed E-state index contributed by atoms with van der Waals surface area (Å²) in [5.41, 5.74) is 2.58. The number of anilines is 1. The molecule has 4 rings (SSSR count). The Morgan fingerprint density at radius 1 is 1.13 bits per heavy atom. The molecule has 0 aliphatic rings. The summed E-state index contributed by atoms with van der Waals surface area (Å²) in [6, 6.07) is 18.4. The molecule has 0 bridgehead atoms. The van der Waals surface area contributed by atoms with E-state index < -0.39 is 11.7 Å². The van der Waals surface area contributed by atoms with Crippen LogP contribution >= 0.6 is 12.2 Å². The SMILES string of the molecule is CCOc1ccc(-c2nc3cc(NC(=S)NC(=O)c4ccccc4F)ccc3o2)cc1. The highest BCUT2D eigenvalue weighted by Crippen LogP contribution is 2.27. The van der Waals surface area contributed by atoms with Gasteiger partial charge in [-0.3, -0.25) is 10.1 Å². The molecule has 156 valence electrons. The maximum absolute atomic E-state index is 13.7. The highest BCUT2D eigenvalue weighted by atomic mass is 32.1. The van der Waals surface area contributed by atoms with Crippen molar-refractivity contribution in [2.75, 3.05) is 11.9 Å². The summed E-state index contributed by atoms with van der Waals surface area (Å²) in [7, 11) is 0. The Labute approximate surface area is 183 Å². The molecule has 0 fully saturated rings. The number of halogens is 1. The average molecular weight is 435 g/mol. The van der Waals surface area contributed by atoms with Gasteiger partial charge in [-0.05, 0) is 73.7 Å². The van der Waals surface area contributed by atoms with Crippen LogP contribution in [0.25, 0.3) is 22.6 Å². The summed E-state index contributed by atoms with van der Waals surface area (Å²) in [5.74, 6) is 0.00922. The Morgan fingerprint density at radius 3 is 2.65 bits per heavy atom. The van der Waals surface area contributed by atoms with Crippen LogP contribution in [-0.2, 0) is 0 Å². The number of carbonyl (C=O) groups excluding carboxylic acids is 1. The van der Waals surface area contributed by atoms with E-state index in [1.165, 1.54) is 18.2 Å². The van der Waals surface area contributed by atoms with Crippen LogP contribution in [0.1, 0.15) is 17.3 Å². The molecule has 3 aromatic carbocycles. The minimum absolute atomic E-state index is 0.0443. The minimum Gasteiger partial charge on any atom is -0.494 e. The van der Waals surface area contributed by atoms with Gasteiger partial charge in [0.2, 0.25) is 5.89 Å². The molecule has 6 nitrogen and oxygen atoms in total. The first-order valence-corrected chi connectivity index (χ1v) is 9.95. The van der Waals surface area contributed by atoms with Crippen LogP contribution in [0.15, 0.2) is 71.1 Å². The third-order valence-electron chi connectivity index (χ3n) is 4.40. The van der Waals surface area contributed by atoms with E-state index in [9.17, 15) is 9.18 Å². The Hall–Kier alpha value is -3.78. The van der Waals surface area contributed by atoms with Crippen LogP contribution in [0.2, 0.25) is 0 Å². The highest BCUT2D eigenvalue weighted by molar-refractivity contribution is 7.80. The third kappa shape index (κ3) is 4.70. The molecule has 0 atom stereocenters. The second-order valence-corrected chi connectivity index (χ2v) is 6.96. The van der Waals surface area contributed by atoms with E-state index in [-0.39, 0.29) is 10.7 Å². The standard InChI is InChI=1S/C23H18FN3O3S/c1-2-29-16-10-7-14(8-11-16)22-26-19-13-15(9-12-20(19)30-22)25-23(31)27-21(28)17-5-3-4-6-18(17)24/h3-13H,2H2,1H3,(H2,25,27,28,31). The van der Waals surface area contributed by atoms with Crippen LogP contribution in [0.4, 0.5) is 10.1 Å². The van der Waals surface area contributed by atoms with Crippen LogP contribution in [0.5, 0.6) is 5.75 Å². The van der Waals surface area contributed by atoms with Gasteiger partial charge in [0.05, 0.1) is 12.2 Å². The number of fused-ring (bicyclic) bond motifs is 1. The maximum atomic E-state index is 13.7. The van der Waals surface area contributed by atoms with Gasteiger partial charge in [0.25, 0.3) is 5.91 Å². The topological polar surface area (TPSA) is 76.4 Å². The van der Waals surface area contributed by atoms with Crippen LogP contribution in [0.3, 0.4) is 0 Å². The molecular weight excluding hydrogens is 417 g/mol. The fourth-order valence-electron chi connectivity index (χ4n) is 2.97. The number of amides is 1. The van der Waals surface area contributed by atoms with E-state index in [0.717, 1.165) is 11.3 Å². The first-order chi connectivity index (χ1) is 15.0. The fourth-order valence-corrected chi connectivity index (χ4v) is 3.18. The molecule has 0 unspecified atom stereocenters.